The second kappa shape index (κ2) is 13.4. The van der Waals surface area contributed by atoms with Gasteiger partial charge in [-0.1, -0.05) is 26.7 Å². The van der Waals surface area contributed by atoms with E-state index in [1.54, 1.807) is 37.8 Å². The first-order valence-corrected chi connectivity index (χ1v) is 13.9. The lowest BCUT2D eigenvalue weighted by molar-refractivity contribution is -0.161. The van der Waals surface area contributed by atoms with E-state index in [0.29, 0.717) is 24.7 Å². The minimum atomic E-state index is -1.24. The third kappa shape index (κ3) is 8.78. The lowest BCUT2D eigenvalue weighted by Gasteiger charge is -2.39. The molecule has 1 aliphatic rings. The summed E-state index contributed by atoms with van der Waals surface area (Å²) in [6.45, 7) is 10.9. The number of ether oxygens (including phenoxy) is 3. The van der Waals surface area contributed by atoms with Gasteiger partial charge >= 0.3 is 5.97 Å². The number of unbranched alkanes of at least 4 members (excludes halogenated alkanes) is 2. The number of aromatic nitrogens is 1. The van der Waals surface area contributed by atoms with Gasteiger partial charge < -0.3 is 24.2 Å². The molecule has 0 aliphatic carbocycles. The van der Waals surface area contributed by atoms with Crippen LogP contribution in [0.2, 0.25) is 0 Å². The predicted octanol–water partition coefficient (Wildman–Crippen LogP) is 6.45. The van der Waals surface area contributed by atoms with E-state index in [-0.39, 0.29) is 49.5 Å². The summed E-state index contributed by atoms with van der Waals surface area (Å²) in [5, 5.41) is 10.9. The van der Waals surface area contributed by atoms with Crippen LogP contribution in [0.3, 0.4) is 0 Å². The molecule has 2 heterocycles. The maximum Gasteiger partial charge on any atom is 0.309 e. The van der Waals surface area contributed by atoms with Crippen LogP contribution in [-0.2, 0) is 9.53 Å². The van der Waals surface area contributed by atoms with Crippen molar-refractivity contribution in [1.29, 1.82) is 0 Å². The van der Waals surface area contributed by atoms with E-state index in [4.69, 9.17) is 14.2 Å². The number of carbonyl (C=O) groups excluding carboxylic acids is 1. The van der Waals surface area contributed by atoms with Crippen LogP contribution < -0.4 is 14.4 Å². The highest BCUT2D eigenvalue weighted by molar-refractivity contribution is 5.73. The topological polar surface area (TPSA) is 81.1 Å². The summed E-state index contributed by atoms with van der Waals surface area (Å²) < 4.78 is 47.7. The Morgan fingerprint density at radius 1 is 1.00 bits per heavy atom. The summed E-state index contributed by atoms with van der Waals surface area (Å²) in [6, 6.07) is 5.61. The van der Waals surface area contributed by atoms with Crippen molar-refractivity contribution in [3.63, 3.8) is 0 Å². The zero-order valence-electron chi connectivity index (χ0n) is 23.8. The number of nitrogens with zero attached hydrogens (tertiary/aromatic N) is 2. The van der Waals surface area contributed by atoms with Gasteiger partial charge in [-0.05, 0) is 58.6 Å². The molecule has 0 radical (unpaired) electrons. The summed E-state index contributed by atoms with van der Waals surface area (Å²) in [7, 11) is 0. The zero-order valence-corrected chi connectivity index (χ0v) is 23.8. The monoisotopic (exact) mass is 548 g/mol. The highest BCUT2D eigenvalue weighted by atomic mass is 19.1. The Balaban J connectivity index is 1.77. The van der Waals surface area contributed by atoms with Crippen molar-refractivity contribution < 1.29 is 32.9 Å². The van der Waals surface area contributed by atoms with Crippen LogP contribution in [0.25, 0.3) is 11.1 Å². The molecule has 0 spiro atoms. The number of carbonyl (C=O) groups is 1. The van der Waals surface area contributed by atoms with Crippen molar-refractivity contribution in [1.82, 2.24) is 4.98 Å². The fourth-order valence-corrected chi connectivity index (χ4v) is 4.43. The summed E-state index contributed by atoms with van der Waals surface area (Å²) in [6.07, 6.45) is 3.90. The van der Waals surface area contributed by atoms with E-state index in [9.17, 15) is 9.90 Å². The number of halogens is 2. The number of benzene rings is 1. The first kappa shape index (κ1) is 30.6. The van der Waals surface area contributed by atoms with Gasteiger partial charge in [0, 0.05) is 36.3 Å². The Bertz CT molecular complexity index is 1110. The molecule has 39 heavy (non-hydrogen) atoms. The van der Waals surface area contributed by atoms with Crippen molar-refractivity contribution in [3.05, 3.63) is 35.9 Å². The number of pyridine rings is 1. The van der Waals surface area contributed by atoms with Gasteiger partial charge in [-0.15, -0.1) is 0 Å². The number of hydrogen-bond donors (Lipinski definition) is 1. The van der Waals surface area contributed by atoms with Crippen molar-refractivity contribution in [2.24, 2.45) is 0 Å². The van der Waals surface area contributed by atoms with Gasteiger partial charge in [0.05, 0.1) is 30.9 Å². The van der Waals surface area contributed by atoms with Gasteiger partial charge in [0.25, 0.3) is 0 Å². The highest BCUT2D eigenvalue weighted by Gasteiger charge is 2.37. The van der Waals surface area contributed by atoms with Gasteiger partial charge in [-0.3, -0.25) is 4.79 Å². The third-order valence-electron chi connectivity index (χ3n) is 6.57. The lowest BCUT2D eigenvalue weighted by atomic mass is 9.88. The molecule has 1 saturated heterocycles. The number of rotatable bonds is 12. The predicted molar refractivity (Wildman–Crippen MR) is 147 cm³/mol. The SMILES string of the molecule is CCCCOc1ccc(-c2cc(F)c(N3CCC(O)(CC(=O)OC(C)(C)C)CC3)cc2F)c(OCCCC)n1. The number of hydrogen-bond acceptors (Lipinski definition) is 7. The summed E-state index contributed by atoms with van der Waals surface area (Å²) in [5.41, 5.74) is -1.38. The van der Waals surface area contributed by atoms with Crippen molar-refractivity contribution in [2.75, 3.05) is 31.2 Å². The maximum atomic E-state index is 15.5. The molecule has 0 saturated carbocycles. The minimum Gasteiger partial charge on any atom is -0.478 e. The maximum absolute atomic E-state index is 15.5. The Kier molecular flexibility index (Phi) is 10.5. The molecule has 1 aromatic carbocycles. The molecule has 2 aromatic rings. The molecule has 7 nitrogen and oxygen atoms in total. The van der Waals surface area contributed by atoms with Crippen molar-refractivity contribution in [2.45, 2.75) is 90.8 Å². The number of piperidine rings is 1. The number of esters is 1. The van der Waals surface area contributed by atoms with E-state index in [2.05, 4.69) is 11.9 Å². The Morgan fingerprint density at radius 2 is 1.64 bits per heavy atom. The van der Waals surface area contributed by atoms with E-state index in [0.717, 1.165) is 31.7 Å². The van der Waals surface area contributed by atoms with E-state index >= 15 is 8.78 Å². The normalized spacial score (nSPS) is 15.2. The van der Waals surface area contributed by atoms with Gasteiger partial charge in [0.2, 0.25) is 11.8 Å². The molecule has 0 atom stereocenters. The zero-order chi connectivity index (χ0) is 28.6. The van der Waals surface area contributed by atoms with Gasteiger partial charge in [0.15, 0.2) is 0 Å². The van der Waals surface area contributed by atoms with Gasteiger partial charge in [0.1, 0.15) is 17.2 Å². The highest BCUT2D eigenvalue weighted by Crippen LogP contribution is 2.37. The third-order valence-corrected chi connectivity index (χ3v) is 6.57. The van der Waals surface area contributed by atoms with E-state index < -0.39 is 28.8 Å². The molecule has 0 amide bonds. The lowest BCUT2D eigenvalue weighted by Crippen LogP contribution is -2.46. The molecule has 9 heteroatoms. The summed E-state index contributed by atoms with van der Waals surface area (Å²) >= 11 is 0. The van der Waals surface area contributed by atoms with Crippen LogP contribution in [0, 0.1) is 11.6 Å². The number of aliphatic hydroxyl groups is 1. The van der Waals surface area contributed by atoms with Crippen LogP contribution in [0.4, 0.5) is 14.5 Å². The van der Waals surface area contributed by atoms with Gasteiger partial charge in [-0.25, -0.2) is 8.78 Å². The largest absolute Gasteiger partial charge is 0.478 e. The average molecular weight is 549 g/mol. The Hall–Kier alpha value is -2.94. The van der Waals surface area contributed by atoms with Gasteiger partial charge in [-0.2, -0.15) is 4.98 Å². The standard InChI is InChI=1S/C30H42F2N2O5/c1-6-8-16-37-26-11-10-21(28(33-26)38-17-9-7-2)22-18-24(32)25(19-23(22)31)34-14-12-30(36,13-15-34)20-27(35)39-29(3,4)5/h10-11,18-19,36H,6-9,12-17,20H2,1-5H3. The molecule has 1 N–H and O–H groups in total. The first-order chi connectivity index (χ1) is 18.4. The van der Waals surface area contributed by atoms with Crippen LogP contribution in [0.5, 0.6) is 11.8 Å². The van der Waals surface area contributed by atoms with Crippen LogP contribution >= 0.6 is 0 Å². The summed E-state index contributed by atoms with van der Waals surface area (Å²) in [5.74, 6) is -1.10. The van der Waals surface area contributed by atoms with E-state index in [1.165, 1.54) is 6.07 Å². The molecule has 3 rings (SSSR count). The molecular formula is C30H42F2N2O5. The van der Waals surface area contributed by atoms with Crippen molar-refractivity contribution >= 4 is 11.7 Å². The fraction of sp³-hybridized carbons (Fsp3) is 0.600. The molecule has 0 bridgehead atoms. The van der Waals surface area contributed by atoms with Crippen LogP contribution in [-0.4, -0.2) is 53.6 Å². The second-order valence-corrected chi connectivity index (χ2v) is 11.2. The molecule has 1 aromatic heterocycles. The summed E-state index contributed by atoms with van der Waals surface area (Å²) in [4.78, 5) is 18.3. The second-order valence-electron chi connectivity index (χ2n) is 11.2. The number of anilines is 1. The molecule has 1 fully saturated rings. The smallest absolute Gasteiger partial charge is 0.309 e. The minimum absolute atomic E-state index is 0.0498. The van der Waals surface area contributed by atoms with E-state index in [1.807, 2.05) is 6.92 Å². The molecule has 0 unspecified atom stereocenters. The fourth-order valence-electron chi connectivity index (χ4n) is 4.43. The Morgan fingerprint density at radius 3 is 2.26 bits per heavy atom. The van der Waals surface area contributed by atoms with Crippen LogP contribution in [0.15, 0.2) is 24.3 Å². The quantitative estimate of drug-likeness (QED) is 0.241. The van der Waals surface area contributed by atoms with Crippen molar-refractivity contribution in [3.8, 4) is 22.9 Å². The molecule has 1 aliphatic heterocycles. The molecular weight excluding hydrogens is 506 g/mol. The first-order valence-electron chi connectivity index (χ1n) is 13.9. The average Bonchev–Trinajstić information content (AvgIpc) is 2.85. The Labute approximate surface area is 230 Å². The van der Waals surface area contributed by atoms with Crippen LogP contribution in [0.1, 0.15) is 79.6 Å². The molecule has 216 valence electrons.